The van der Waals surface area contributed by atoms with E-state index in [-0.39, 0.29) is 17.2 Å². The topological polar surface area (TPSA) is 72.9 Å². The van der Waals surface area contributed by atoms with Gasteiger partial charge in [0.15, 0.2) is 0 Å². The summed E-state index contributed by atoms with van der Waals surface area (Å²) in [5.41, 5.74) is 6.48. The molecule has 0 aliphatic carbocycles. The number of nitrogens with two attached hydrogens (primary N) is 1. The summed E-state index contributed by atoms with van der Waals surface area (Å²) < 4.78 is 14.8. The molecule has 0 aliphatic heterocycles. The van der Waals surface area contributed by atoms with Crippen molar-refractivity contribution < 1.29 is 9.18 Å². The van der Waals surface area contributed by atoms with Gasteiger partial charge in [-0.3, -0.25) is 9.48 Å². The van der Waals surface area contributed by atoms with Crippen LogP contribution in [0.3, 0.4) is 0 Å². The highest BCUT2D eigenvalue weighted by Gasteiger charge is 2.08. The zero-order chi connectivity index (χ0) is 13.1. The highest BCUT2D eigenvalue weighted by Crippen LogP contribution is 2.11. The molecule has 0 bridgehead atoms. The zero-order valence-corrected chi connectivity index (χ0v) is 9.85. The number of aromatic nitrogens is 2. The molecule has 0 saturated carbocycles. The Labute approximate surface area is 103 Å². The molecule has 3 N–H and O–H groups in total. The lowest BCUT2D eigenvalue weighted by Gasteiger charge is -2.04. The second kappa shape index (κ2) is 4.87. The third-order valence-electron chi connectivity index (χ3n) is 2.47. The number of rotatable bonds is 3. The van der Waals surface area contributed by atoms with Crippen molar-refractivity contribution in [3.8, 4) is 0 Å². The van der Waals surface area contributed by atoms with Crippen molar-refractivity contribution in [2.75, 3.05) is 5.73 Å². The van der Waals surface area contributed by atoms with Crippen LogP contribution in [-0.4, -0.2) is 15.7 Å². The van der Waals surface area contributed by atoms with E-state index in [2.05, 4.69) is 10.4 Å². The van der Waals surface area contributed by atoms with E-state index in [1.807, 2.05) is 0 Å². The average Bonchev–Trinajstić information content (AvgIpc) is 2.75. The Hall–Kier alpha value is -2.37. The predicted molar refractivity (Wildman–Crippen MR) is 65.2 cm³/mol. The van der Waals surface area contributed by atoms with Crippen molar-refractivity contribution in [2.45, 2.75) is 6.54 Å². The molecule has 6 heteroatoms. The maximum atomic E-state index is 13.2. The highest BCUT2D eigenvalue weighted by atomic mass is 19.1. The number of hydrogen-bond acceptors (Lipinski definition) is 3. The summed E-state index contributed by atoms with van der Waals surface area (Å²) in [6.45, 7) is 0.346. The van der Waals surface area contributed by atoms with Gasteiger partial charge < -0.3 is 11.1 Å². The highest BCUT2D eigenvalue weighted by molar-refractivity contribution is 5.94. The van der Waals surface area contributed by atoms with Crippen LogP contribution in [0.5, 0.6) is 0 Å². The van der Waals surface area contributed by atoms with Crippen LogP contribution >= 0.6 is 0 Å². The minimum absolute atomic E-state index is 0.0267. The standard InChI is InChI=1S/C12H13FN4O/c1-17-7-8(6-16-17)5-15-12(18)9-2-3-11(14)10(13)4-9/h2-4,6-7H,5,14H2,1H3,(H,15,18). The van der Waals surface area contributed by atoms with Gasteiger partial charge in [-0.1, -0.05) is 0 Å². The number of nitrogen functional groups attached to an aromatic ring is 1. The van der Waals surface area contributed by atoms with Gasteiger partial charge in [0.25, 0.3) is 5.91 Å². The second-order valence-electron chi connectivity index (χ2n) is 3.94. The zero-order valence-electron chi connectivity index (χ0n) is 9.85. The van der Waals surface area contributed by atoms with E-state index < -0.39 is 5.82 Å². The summed E-state index contributed by atoms with van der Waals surface area (Å²) in [6, 6.07) is 3.97. The van der Waals surface area contributed by atoms with Crippen LogP contribution in [0.2, 0.25) is 0 Å². The van der Waals surface area contributed by atoms with Gasteiger partial charge in [-0.15, -0.1) is 0 Å². The van der Waals surface area contributed by atoms with E-state index in [4.69, 9.17) is 5.73 Å². The average molecular weight is 248 g/mol. The summed E-state index contributed by atoms with van der Waals surface area (Å²) in [7, 11) is 1.79. The molecular formula is C12H13FN4O. The van der Waals surface area contributed by atoms with E-state index in [0.29, 0.717) is 6.54 Å². The van der Waals surface area contributed by atoms with Gasteiger partial charge >= 0.3 is 0 Å². The number of benzene rings is 1. The molecule has 0 radical (unpaired) electrons. The van der Waals surface area contributed by atoms with Crippen molar-refractivity contribution in [2.24, 2.45) is 7.05 Å². The maximum absolute atomic E-state index is 13.2. The molecule has 0 spiro atoms. The van der Waals surface area contributed by atoms with Crippen LogP contribution in [0.15, 0.2) is 30.6 Å². The molecule has 1 amide bonds. The lowest BCUT2D eigenvalue weighted by atomic mass is 10.2. The van der Waals surface area contributed by atoms with E-state index in [9.17, 15) is 9.18 Å². The largest absolute Gasteiger partial charge is 0.396 e. The molecule has 94 valence electrons. The van der Waals surface area contributed by atoms with Gasteiger partial charge in [-0.25, -0.2) is 4.39 Å². The van der Waals surface area contributed by atoms with Gasteiger partial charge in [0.2, 0.25) is 0 Å². The molecule has 5 nitrogen and oxygen atoms in total. The van der Waals surface area contributed by atoms with Crippen LogP contribution in [0.4, 0.5) is 10.1 Å². The normalized spacial score (nSPS) is 10.3. The first kappa shape index (κ1) is 12.1. The van der Waals surface area contributed by atoms with Gasteiger partial charge in [0.1, 0.15) is 5.82 Å². The molecule has 1 aromatic carbocycles. The number of carbonyl (C=O) groups is 1. The number of carbonyl (C=O) groups excluding carboxylic acids is 1. The minimum atomic E-state index is -0.593. The van der Waals surface area contributed by atoms with E-state index >= 15 is 0 Å². The monoisotopic (exact) mass is 248 g/mol. The molecule has 2 aromatic rings. The van der Waals surface area contributed by atoms with Crippen molar-refractivity contribution in [1.29, 1.82) is 0 Å². The number of halogens is 1. The third kappa shape index (κ3) is 2.65. The summed E-state index contributed by atoms with van der Waals surface area (Å²) in [6.07, 6.45) is 3.45. The number of nitrogens with zero attached hydrogens (tertiary/aromatic N) is 2. The number of hydrogen-bond donors (Lipinski definition) is 2. The Morgan fingerprint density at radius 3 is 2.94 bits per heavy atom. The second-order valence-corrected chi connectivity index (χ2v) is 3.94. The number of nitrogens with one attached hydrogen (secondary N) is 1. The van der Waals surface area contributed by atoms with Crippen LogP contribution in [0.25, 0.3) is 0 Å². The molecule has 0 unspecified atom stereocenters. The summed E-state index contributed by atoms with van der Waals surface area (Å²) in [5, 5.41) is 6.66. The Balaban J connectivity index is 2.01. The van der Waals surface area contributed by atoms with Crippen LogP contribution in [0, 0.1) is 5.82 Å². The summed E-state index contributed by atoms with van der Waals surface area (Å²) in [4.78, 5) is 11.7. The fourth-order valence-electron chi connectivity index (χ4n) is 1.52. The fraction of sp³-hybridized carbons (Fsp3) is 0.167. The first-order valence-corrected chi connectivity index (χ1v) is 5.37. The SMILES string of the molecule is Cn1cc(CNC(=O)c2ccc(N)c(F)c2)cn1. The Kier molecular flexibility index (Phi) is 3.27. The quantitative estimate of drug-likeness (QED) is 0.798. The molecule has 1 aromatic heterocycles. The number of anilines is 1. The first-order chi connectivity index (χ1) is 8.56. The lowest BCUT2D eigenvalue weighted by molar-refractivity contribution is 0.0950. The summed E-state index contributed by atoms with van der Waals surface area (Å²) >= 11 is 0. The lowest BCUT2D eigenvalue weighted by Crippen LogP contribution is -2.22. The molecule has 0 saturated heterocycles. The molecular weight excluding hydrogens is 235 g/mol. The minimum Gasteiger partial charge on any atom is -0.396 e. The smallest absolute Gasteiger partial charge is 0.251 e. The van der Waals surface area contributed by atoms with Crippen LogP contribution in [0.1, 0.15) is 15.9 Å². The number of amides is 1. The van der Waals surface area contributed by atoms with Crippen molar-refractivity contribution in [3.63, 3.8) is 0 Å². The molecule has 2 rings (SSSR count). The summed E-state index contributed by atoms with van der Waals surface area (Å²) in [5.74, 6) is -0.943. The van der Waals surface area contributed by atoms with Gasteiger partial charge in [0.05, 0.1) is 11.9 Å². The first-order valence-electron chi connectivity index (χ1n) is 5.37. The van der Waals surface area contributed by atoms with Crippen LogP contribution in [-0.2, 0) is 13.6 Å². The third-order valence-corrected chi connectivity index (χ3v) is 2.47. The number of aryl methyl sites for hydroxylation is 1. The molecule has 1 heterocycles. The molecule has 0 aliphatic rings. The van der Waals surface area contributed by atoms with Crippen molar-refractivity contribution >= 4 is 11.6 Å². The molecule has 0 atom stereocenters. The maximum Gasteiger partial charge on any atom is 0.251 e. The van der Waals surface area contributed by atoms with E-state index in [0.717, 1.165) is 11.6 Å². The Morgan fingerprint density at radius 1 is 1.56 bits per heavy atom. The van der Waals surface area contributed by atoms with Crippen LogP contribution < -0.4 is 11.1 Å². The van der Waals surface area contributed by atoms with Gasteiger partial charge in [-0.2, -0.15) is 5.10 Å². The van der Waals surface area contributed by atoms with Crippen molar-refractivity contribution in [1.82, 2.24) is 15.1 Å². The predicted octanol–water partition coefficient (Wildman–Crippen LogP) is 1.07. The fourth-order valence-corrected chi connectivity index (χ4v) is 1.52. The van der Waals surface area contributed by atoms with Gasteiger partial charge in [-0.05, 0) is 18.2 Å². The van der Waals surface area contributed by atoms with Gasteiger partial charge in [0, 0.05) is 30.9 Å². The Bertz CT molecular complexity index is 579. The molecule has 18 heavy (non-hydrogen) atoms. The van der Waals surface area contributed by atoms with E-state index in [1.54, 1.807) is 24.1 Å². The Morgan fingerprint density at radius 2 is 2.33 bits per heavy atom. The van der Waals surface area contributed by atoms with E-state index in [1.165, 1.54) is 12.1 Å². The van der Waals surface area contributed by atoms with Crippen molar-refractivity contribution in [3.05, 3.63) is 47.5 Å². The molecule has 0 fully saturated rings.